The fraction of sp³-hybridized carbons (Fsp3) is 0.440. The predicted octanol–water partition coefficient (Wildman–Crippen LogP) is 4.36. The van der Waals surface area contributed by atoms with Crippen molar-refractivity contribution in [2.45, 2.75) is 52.2 Å². The summed E-state index contributed by atoms with van der Waals surface area (Å²) in [6.07, 6.45) is 4.34. The van der Waals surface area contributed by atoms with Crippen LogP contribution < -0.4 is 15.5 Å². The summed E-state index contributed by atoms with van der Waals surface area (Å²) in [4.78, 5) is 27.6. The highest BCUT2D eigenvalue weighted by atomic mass is 16.5. The lowest BCUT2D eigenvalue weighted by atomic mass is 10.1. The second kappa shape index (κ2) is 11.5. The molecular weight excluding hydrogens is 390 g/mol. The molecule has 0 radical (unpaired) electrons. The van der Waals surface area contributed by atoms with Crippen LogP contribution in [0.5, 0.6) is 0 Å². The van der Waals surface area contributed by atoms with Gasteiger partial charge in [0, 0.05) is 30.5 Å². The standard InChI is InChI=1S/C25H33N3O3/c1-3-19(2)26-25(30)22-16-21(12-13-23(22)28-14-8-5-9-15-28)27-24(29)18-31-17-20-10-6-4-7-11-20/h4,6-7,10-13,16,19H,3,5,8-9,14-15,17-18H2,1-2H3,(H,26,30)(H,27,29)/t19-/m0/s1. The van der Waals surface area contributed by atoms with Crippen molar-refractivity contribution in [1.29, 1.82) is 0 Å². The Hall–Kier alpha value is -2.86. The van der Waals surface area contributed by atoms with Gasteiger partial charge in [-0.05, 0) is 56.4 Å². The summed E-state index contributed by atoms with van der Waals surface area (Å²) in [6, 6.07) is 15.4. The quantitative estimate of drug-likeness (QED) is 0.629. The number of carbonyl (C=O) groups excluding carboxylic acids is 2. The average molecular weight is 424 g/mol. The molecule has 0 aliphatic carbocycles. The van der Waals surface area contributed by atoms with Crippen molar-refractivity contribution in [3.63, 3.8) is 0 Å². The van der Waals surface area contributed by atoms with E-state index in [0.29, 0.717) is 17.9 Å². The molecule has 1 aliphatic rings. The molecule has 1 aliphatic heterocycles. The van der Waals surface area contributed by atoms with Crippen LogP contribution in [0.25, 0.3) is 0 Å². The number of rotatable bonds is 9. The van der Waals surface area contributed by atoms with Crippen LogP contribution in [0.1, 0.15) is 55.5 Å². The Labute approximate surface area is 185 Å². The van der Waals surface area contributed by atoms with Gasteiger partial charge in [-0.25, -0.2) is 0 Å². The molecule has 0 unspecified atom stereocenters. The van der Waals surface area contributed by atoms with E-state index in [1.54, 1.807) is 6.07 Å². The summed E-state index contributed by atoms with van der Waals surface area (Å²) in [6.45, 7) is 6.27. The van der Waals surface area contributed by atoms with Crippen LogP contribution >= 0.6 is 0 Å². The molecule has 6 heteroatoms. The first-order chi connectivity index (χ1) is 15.1. The van der Waals surface area contributed by atoms with Gasteiger partial charge in [-0.1, -0.05) is 37.3 Å². The molecule has 2 N–H and O–H groups in total. The van der Waals surface area contributed by atoms with Crippen LogP contribution in [-0.2, 0) is 16.1 Å². The van der Waals surface area contributed by atoms with Gasteiger partial charge >= 0.3 is 0 Å². The molecule has 31 heavy (non-hydrogen) atoms. The van der Waals surface area contributed by atoms with Gasteiger partial charge in [-0.15, -0.1) is 0 Å². The van der Waals surface area contributed by atoms with Crippen LogP contribution in [0.15, 0.2) is 48.5 Å². The molecule has 3 rings (SSSR count). The molecule has 2 aromatic carbocycles. The number of nitrogens with one attached hydrogen (secondary N) is 2. The first-order valence-corrected chi connectivity index (χ1v) is 11.2. The lowest BCUT2D eigenvalue weighted by Crippen LogP contribution is -2.35. The van der Waals surface area contributed by atoms with Crippen molar-refractivity contribution in [2.75, 3.05) is 29.9 Å². The predicted molar refractivity (Wildman–Crippen MR) is 124 cm³/mol. The van der Waals surface area contributed by atoms with E-state index in [0.717, 1.165) is 43.6 Å². The number of hydrogen-bond donors (Lipinski definition) is 2. The molecule has 1 saturated heterocycles. The second-order valence-electron chi connectivity index (χ2n) is 8.09. The summed E-state index contributed by atoms with van der Waals surface area (Å²) in [5.74, 6) is -0.346. The number of carbonyl (C=O) groups is 2. The van der Waals surface area contributed by atoms with E-state index in [1.807, 2.05) is 56.3 Å². The van der Waals surface area contributed by atoms with Crippen LogP contribution in [-0.4, -0.2) is 37.6 Å². The van der Waals surface area contributed by atoms with E-state index < -0.39 is 0 Å². The lowest BCUT2D eigenvalue weighted by Gasteiger charge is -2.31. The maximum atomic E-state index is 13.0. The van der Waals surface area contributed by atoms with Crippen LogP contribution in [0.2, 0.25) is 0 Å². The zero-order chi connectivity index (χ0) is 22.1. The topological polar surface area (TPSA) is 70.7 Å². The largest absolute Gasteiger partial charge is 0.371 e. The molecule has 1 fully saturated rings. The molecule has 0 bridgehead atoms. The van der Waals surface area contributed by atoms with Crippen molar-refractivity contribution in [3.05, 3.63) is 59.7 Å². The van der Waals surface area contributed by atoms with Gasteiger partial charge in [0.15, 0.2) is 0 Å². The zero-order valence-electron chi connectivity index (χ0n) is 18.5. The minimum Gasteiger partial charge on any atom is -0.371 e. The van der Waals surface area contributed by atoms with Crippen molar-refractivity contribution in [1.82, 2.24) is 5.32 Å². The van der Waals surface area contributed by atoms with Gasteiger partial charge in [-0.2, -0.15) is 0 Å². The molecule has 1 heterocycles. The Bertz CT molecular complexity index is 864. The molecular formula is C25H33N3O3. The monoisotopic (exact) mass is 423 g/mol. The van der Waals surface area contributed by atoms with Gasteiger partial charge in [0.25, 0.3) is 5.91 Å². The fourth-order valence-corrected chi connectivity index (χ4v) is 3.64. The van der Waals surface area contributed by atoms with Crippen LogP contribution in [0.3, 0.4) is 0 Å². The van der Waals surface area contributed by atoms with Gasteiger partial charge in [0.05, 0.1) is 12.2 Å². The first kappa shape index (κ1) is 22.8. The fourth-order valence-electron chi connectivity index (χ4n) is 3.64. The van der Waals surface area contributed by atoms with Gasteiger partial charge in [0.2, 0.25) is 5.91 Å². The highest BCUT2D eigenvalue weighted by Gasteiger charge is 2.20. The third-order valence-corrected chi connectivity index (χ3v) is 5.56. The highest BCUT2D eigenvalue weighted by molar-refractivity contribution is 6.02. The average Bonchev–Trinajstić information content (AvgIpc) is 2.80. The van der Waals surface area contributed by atoms with E-state index in [9.17, 15) is 9.59 Å². The zero-order valence-corrected chi connectivity index (χ0v) is 18.5. The summed E-state index contributed by atoms with van der Waals surface area (Å²) >= 11 is 0. The third kappa shape index (κ3) is 6.82. The van der Waals surface area contributed by atoms with Crippen molar-refractivity contribution in [2.24, 2.45) is 0 Å². The molecule has 2 amide bonds. The lowest BCUT2D eigenvalue weighted by molar-refractivity contribution is -0.121. The Morgan fingerprint density at radius 3 is 2.52 bits per heavy atom. The van der Waals surface area contributed by atoms with E-state index in [4.69, 9.17) is 4.74 Å². The van der Waals surface area contributed by atoms with E-state index >= 15 is 0 Å². The van der Waals surface area contributed by atoms with E-state index in [2.05, 4.69) is 15.5 Å². The number of nitrogens with zero attached hydrogens (tertiary/aromatic N) is 1. The van der Waals surface area contributed by atoms with Crippen LogP contribution in [0.4, 0.5) is 11.4 Å². The number of hydrogen-bond acceptors (Lipinski definition) is 4. The van der Waals surface area contributed by atoms with Crippen molar-refractivity contribution >= 4 is 23.2 Å². The third-order valence-electron chi connectivity index (χ3n) is 5.56. The molecule has 166 valence electrons. The number of benzene rings is 2. The Kier molecular flexibility index (Phi) is 8.47. The maximum Gasteiger partial charge on any atom is 0.253 e. The summed E-state index contributed by atoms with van der Waals surface area (Å²) in [5.41, 5.74) is 3.15. The molecule has 0 aromatic heterocycles. The normalized spacial score (nSPS) is 14.7. The Morgan fingerprint density at radius 2 is 1.81 bits per heavy atom. The van der Waals surface area contributed by atoms with Gasteiger partial charge < -0.3 is 20.3 Å². The highest BCUT2D eigenvalue weighted by Crippen LogP contribution is 2.27. The summed E-state index contributed by atoms with van der Waals surface area (Å²) in [5, 5.41) is 5.91. The Morgan fingerprint density at radius 1 is 1.06 bits per heavy atom. The number of ether oxygens (including phenoxy) is 1. The number of anilines is 2. The maximum absolute atomic E-state index is 13.0. The summed E-state index contributed by atoms with van der Waals surface area (Å²) < 4.78 is 5.52. The smallest absolute Gasteiger partial charge is 0.253 e. The summed E-state index contributed by atoms with van der Waals surface area (Å²) in [7, 11) is 0. The Balaban J connectivity index is 1.67. The minimum atomic E-state index is -0.241. The van der Waals surface area contributed by atoms with E-state index in [1.165, 1.54) is 6.42 Å². The molecule has 0 spiro atoms. The first-order valence-electron chi connectivity index (χ1n) is 11.2. The van der Waals surface area contributed by atoms with Crippen molar-refractivity contribution in [3.8, 4) is 0 Å². The van der Waals surface area contributed by atoms with Gasteiger partial charge in [-0.3, -0.25) is 9.59 Å². The molecule has 2 aromatic rings. The molecule has 0 saturated carbocycles. The molecule has 1 atom stereocenters. The second-order valence-corrected chi connectivity index (χ2v) is 8.09. The van der Waals surface area contributed by atoms with Gasteiger partial charge in [0.1, 0.15) is 6.61 Å². The van der Waals surface area contributed by atoms with Crippen molar-refractivity contribution < 1.29 is 14.3 Å². The minimum absolute atomic E-state index is 0.0445. The van der Waals surface area contributed by atoms with Crippen LogP contribution in [0, 0.1) is 0 Å². The molecule has 6 nitrogen and oxygen atoms in total. The van der Waals surface area contributed by atoms with E-state index in [-0.39, 0.29) is 24.5 Å². The SMILES string of the molecule is CC[C@H](C)NC(=O)c1cc(NC(=O)COCc2ccccc2)ccc1N1CCCCC1. The number of piperidine rings is 1. The number of amides is 2.